The third-order valence-corrected chi connectivity index (χ3v) is 4.19. The third-order valence-electron chi connectivity index (χ3n) is 3.94. The molecule has 3 heteroatoms. The Hall–Kier alpha value is -0.570. The molecule has 0 amide bonds. The van der Waals surface area contributed by atoms with Gasteiger partial charge < -0.3 is 10.1 Å². The molecule has 0 aromatic heterocycles. The molecule has 1 heterocycles. The standard InChI is InChI=1S/C15H22ClNO/c1-3-18-15(2,13-5-4-10-17-11-13)12-6-8-14(16)9-7-12/h6-9,13,17H,3-5,10-11H2,1-2H3/t13-,15+/m0/s1. The van der Waals surface area contributed by atoms with E-state index in [4.69, 9.17) is 16.3 Å². The first kappa shape index (κ1) is 13.9. The van der Waals surface area contributed by atoms with Crippen LogP contribution in [0.5, 0.6) is 0 Å². The van der Waals surface area contributed by atoms with Crippen LogP contribution in [0.25, 0.3) is 0 Å². The Bertz CT molecular complexity index is 373. The summed E-state index contributed by atoms with van der Waals surface area (Å²) in [5.74, 6) is 0.521. The lowest BCUT2D eigenvalue weighted by atomic mass is 9.78. The number of halogens is 1. The molecule has 1 aliphatic rings. The Labute approximate surface area is 115 Å². The van der Waals surface area contributed by atoms with E-state index in [1.54, 1.807) is 0 Å². The molecular formula is C15H22ClNO. The fraction of sp³-hybridized carbons (Fsp3) is 0.600. The fourth-order valence-corrected chi connectivity index (χ4v) is 2.97. The largest absolute Gasteiger partial charge is 0.371 e. The van der Waals surface area contributed by atoms with Gasteiger partial charge in [-0.05, 0) is 50.9 Å². The molecule has 0 bridgehead atoms. The van der Waals surface area contributed by atoms with Crippen molar-refractivity contribution >= 4 is 11.6 Å². The van der Waals surface area contributed by atoms with Gasteiger partial charge in [0, 0.05) is 24.1 Å². The van der Waals surface area contributed by atoms with Crippen LogP contribution in [0.2, 0.25) is 5.02 Å². The second-order valence-electron chi connectivity index (χ2n) is 5.09. The number of hydrogen-bond donors (Lipinski definition) is 1. The first-order valence-electron chi connectivity index (χ1n) is 6.77. The first-order chi connectivity index (χ1) is 8.66. The van der Waals surface area contributed by atoms with Crippen molar-refractivity contribution in [3.8, 4) is 0 Å². The van der Waals surface area contributed by atoms with E-state index < -0.39 is 0 Å². The molecule has 1 aromatic rings. The van der Waals surface area contributed by atoms with Gasteiger partial charge in [0.15, 0.2) is 0 Å². The van der Waals surface area contributed by atoms with E-state index in [1.165, 1.54) is 18.4 Å². The minimum Gasteiger partial charge on any atom is -0.371 e. The number of nitrogens with one attached hydrogen (secondary N) is 1. The van der Waals surface area contributed by atoms with E-state index in [9.17, 15) is 0 Å². The van der Waals surface area contributed by atoms with Crippen molar-refractivity contribution in [2.45, 2.75) is 32.3 Å². The lowest BCUT2D eigenvalue weighted by Crippen LogP contribution is -2.44. The smallest absolute Gasteiger partial charge is 0.0943 e. The van der Waals surface area contributed by atoms with Crippen LogP contribution in [0.4, 0.5) is 0 Å². The molecule has 1 N–H and O–H groups in total. The Morgan fingerprint density at radius 1 is 1.39 bits per heavy atom. The number of hydrogen-bond acceptors (Lipinski definition) is 2. The second-order valence-corrected chi connectivity index (χ2v) is 5.53. The van der Waals surface area contributed by atoms with Crippen molar-refractivity contribution in [1.82, 2.24) is 5.32 Å². The summed E-state index contributed by atoms with van der Waals surface area (Å²) in [5, 5.41) is 4.25. The lowest BCUT2D eigenvalue weighted by molar-refractivity contribution is -0.0804. The quantitative estimate of drug-likeness (QED) is 0.900. The minimum absolute atomic E-state index is 0.216. The van der Waals surface area contributed by atoms with Crippen LogP contribution in [0.15, 0.2) is 24.3 Å². The highest BCUT2D eigenvalue weighted by Gasteiger charge is 2.37. The summed E-state index contributed by atoms with van der Waals surface area (Å²) in [6, 6.07) is 8.08. The Morgan fingerprint density at radius 3 is 2.67 bits per heavy atom. The fourth-order valence-electron chi connectivity index (χ4n) is 2.84. The average molecular weight is 268 g/mol. The van der Waals surface area contributed by atoms with Gasteiger partial charge in [0.1, 0.15) is 0 Å². The van der Waals surface area contributed by atoms with Gasteiger partial charge in [-0.15, -0.1) is 0 Å². The van der Waals surface area contributed by atoms with Crippen molar-refractivity contribution in [3.05, 3.63) is 34.9 Å². The molecule has 0 saturated carbocycles. The zero-order chi connectivity index (χ0) is 13.0. The highest BCUT2D eigenvalue weighted by Crippen LogP contribution is 2.37. The van der Waals surface area contributed by atoms with Crippen LogP contribution in [-0.2, 0) is 10.3 Å². The van der Waals surface area contributed by atoms with E-state index in [0.717, 1.165) is 24.7 Å². The van der Waals surface area contributed by atoms with Gasteiger partial charge in [-0.1, -0.05) is 23.7 Å². The molecule has 1 aromatic carbocycles. The van der Waals surface area contributed by atoms with E-state index in [1.807, 2.05) is 12.1 Å². The predicted octanol–water partition coefficient (Wildman–Crippen LogP) is 3.59. The van der Waals surface area contributed by atoms with Crippen molar-refractivity contribution in [2.75, 3.05) is 19.7 Å². The van der Waals surface area contributed by atoms with Gasteiger partial charge in [-0.3, -0.25) is 0 Å². The van der Waals surface area contributed by atoms with Crippen LogP contribution in [0, 0.1) is 5.92 Å². The van der Waals surface area contributed by atoms with Gasteiger partial charge in [0.2, 0.25) is 0 Å². The van der Waals surface area contributed by atoms with E-state index in [2.05, 4.69) is 31.3 Å². The summed E-state index contributed by atoms with van der Waals surface area (Å²) in [5.41, 5.74) is 1.01. The van der Waals surface area contributed by atoms with Gasteiger partial charge >= 0.3 is 0 Å². The third kappa shape index (κ3) is 2.87. The van der Waals surface area contributed by atoms with E-state index in [-0.39, 0.29) is 5.60 Å². The van der Waals surface area contributed by atoms with Crippen LogP contribution in [0.3, 0.4) is 0 Å². The second kappa shape index (κ2) is 6.05. The summed E-state index contributed by atoms with van der Waals surface area (Å²) < 4.78 is 6.11. The molecule has 1 saturated heterocycles. The molecule has 1 fully saturated rings. The summed E-state index contributed by atoms with van der Waals surface area (Å²) in [6.07, 6.45) is 2.44. The number of benzene rings is 1. The predicted molar refractivity (Wildman–Crippen MR) is 76.0 cm³/mol. The summed E-state index contributed by atoms with van der Waals surface area (Å²) in [7, 11) is 0. The molecule has 18 heavy (non-hydrogen) atoms. The van der Waals surface area contributed by atoms with Crippen LogP contribution in [0.1, 0.15) is 32.3 Å². The van der Waals surface area contributed by atoms with Crippen LogP contribution >= 0.6 is 11.6 Å². The highest BCUT2D eigenvalue weighted by atomic mass is 35.5. The molecule has 2 rings (SSSR count). The Balaban J connectivity index is 2.26. The zero-order valence-corrected chi connectivity index (χ0v) is 12.0. The van der Waals surface area contributed by atoms with Crippen LogP contribution in [-0.4, -0.2) is 19.7 Å². The lowest BCUT2D eigenvalue weighted by Gasteiger charge is -2.40. The highest BCUT2D eigenvalue weighted by molar-refractivity contribution is 6.30. The molecule has 0 spiro atoms. The van der Waals surface area contributed by atoms with Crippen molar-refractivity contribution in [1.29, 1.82) is 0 Å². The van der Waals surface area contributed by atoms with Crippen molar-refractivity contribution < 1.29 is 4.74 Å². The van der Waals surface area contributed by atoms with E-state index in [0.29, 0.717) is 5.92 Å². The van der Waals surface area contributed by atoms with Gasteiger partial charge in [0.25, 0.3) is 0 Å². The average Bonchev–Trinajstić information content (AvgIpc) is 2.40. The molecule has 0 aliphatic carbocycles. The molecule has 0 radical (unpaired) electrons. The maximum Gasteiger partial charge on any atom is 0.0943 e. The minimum atomic E-state index is -0.216. The number of rotatable bonds is 4. The van der Waals surface area contributed by atoms with Crippen LogP contribution < -0.4 is 5.32 Å². The summed E-state index contributed by atoms with van der Waals surface area (Å²) in [6.45, 7) is 7.15. The van der Waals surface area contributed by atoms with E-state index >= 15 is 0 Å². The number of piperidine rings is 1. The number of ether oxygens (including phenoxy) is 1. The normalized spacial score (nSPS) is 23.6. The Kier molecular flexibility index (Phi) is 4.66. The zero-order valence-electron chi connectivity index (χ0n) is 11.2. The van der Waals surface area contributed by atoms with Gasteiger partial charge in [-0.25, -0.2) is 0 Å². The summed E-state index contributed by atoms with van der Waals surface area (Å²) in [4.78, 5) is 0. The molecular weight excluding hydrogens is 246 g/mol. The Morgan fingerprint density at radius 2 is 2.11 bits per heavy atom. The SMILES string of the molecule is CCO[C@](C)(c1ccc(Cl)cc1)[C@H]1CCCNC1. The monoisotopic (exact) mass is 267 g/mol. The van der Waals surface area contributed by atoms with Gasteiger partial charge in [0.05, 0.1) is 5.60 Å². The molecule has 100 valence electrons. The summed E-state index contributed by atoms with van der Waals surface area (Å²) >= 11 is 5.97. The van der Waals surface area contributed by atoms with Crippen molar-refractivity contribution in [3.63, 3.8) is 0 Å². The first-order valence-corrected chi connectivity index (χ1v) is 7.15. The van der Waals surface area contributed by atoms with Crippen molar-refractivity contribution in [2.24, 2.45) is 5.92 Å². The van der Waals surface area contributed by atoms with Gasteiger partial charge in [-0.2, -0.15) is 0 Å². The molecule has 1 aliphatic heterocycles. The maximum absolute atomic E-state index is 6.11. The maximum atomic E-state index is 6.11. The molecule has 0 unspecified atom stereocenters. The molecule has 2 atom stereocenters. The molecule has 2 nitrogen and oxygen atoms in total. The topological polar surface area (TPSA) is 21.3 Å².